The van der Waals surface area contributed by atoms with Crippen LogP contribution in [0.4, 0.5) is 4.79 Å². The predicted octanol–water partition coefficient (Wildman–Crippen LogP) is 1.39. The van der Waals surface area contributed by atoms with Gasteiger partial charge in [0.05, 0.1) is 33.3 Å². The van der Waals surface area contributed by atoms with Crippen molar-refractivity contribution in [2.45, 2.75) is 39.5 Å². The van der Waals surface area contributed by atoms with Crippen LogP contribution < -0.4 is 0 Å². The molecule has 0 aromatic heterocycles. The summed E-state index contributed by atoms with van der Waals surface area (Å²) in [7, 11) is 2.64. The molecule has 1 heterocycles. The normalized spacial score (nSPS) is 23.9. The smallest absolute Gasteiger partial charge is 0.411 e. The van der Waals surface area contributed by atoms with Gasteiger partial charge in [0.25, 0.3) is 0 Å². The first kappa shape index (κ1) is 14.8. The van der Waals surface area contributed by atoms with E-state index in [-0.39, 0.29) is 23.8 Å². The molecule has 0 spiro atoms. The van der Waals surface area contributed by atoms with Gasteiger partial charge in [-0.3, -0.25) is 9.69 Å². The summed E-state index contributed by atoms with van der Waals surface area (Å²) in [6.45, 7) is 6.21. The Labute approximate surface area is 107 Å². The van der Waals surface area contributed by atoms with Crippen molar-refractivity contribution in [2.75, 3.05) is 20.8 Å². The van der Waals surface area contributed by atoms with Crippen molar-refractivity contribution in [3.63, 3.8) is 0 Å². The molecule has 18 heavy (non-hydrogen) atoms. The maximum atomic E-state index is 11.8. The van der Waals surface area contributed by atoms with Gasteiger partial charge in [-0.15, -0.1) is 0 Å². The van der Waals surface area contributed by atoms with E-state index >= 15 is 0 Å². The molecule has 1 fully saturated rings. The fourth-order valence-corrected chi connectivity index (χ4v) is 2.00. The molecule has 104 valence electrons. The minimum absolute atomic E-state index is 0.109. The molecule has 1 amide bonds. The highest BCUT2D eigenvalue weighted by atomic mass is 16.6. The Morgan fingerprint density at radius 1 is 1.28 bits per heavy atom. The number of methoxy groups -OCH3 is 2. The first-order valence-corrected chi connectivity index (χ1v) is 5.86. The Morgan fingerprint density at radius 3 is 2.33 bits per heavy atom. The standard InChI is InChI=1S/C12H21NO5/c1-12(2,3)10-13(11(15)17-5)8(7-18-10)6-9(14)16-4/h8,10H,6-7H2,1-5H3/t8-,10?/m1/s1. The molecule has 6 heteroatoms. The lowest BCUT2D eigenvalue weighted by Crippen LogP contribution is -2.48. The number of amides is 1. The van der Waals surface area contributed by atoms with Crippen molar-refractivity contribution in [2.24, 2.45) is 5.41 Å². The van der Waals surface area contributed by atoms with Gasteiger partial charge in [-0.05, 0) is 0 Å². The van der Waals surface area contributed by atoms with E-state index in [0.29, 0.717) is 6.61 Å². The second-order valence-corrected chi connectivity index (χ2v) is 5.36. The topological polar surface area (TPSA) is 65.1 Å². The molecule has 0 N–H and O–H groups in total. The number of rotatable bonds is 2. The van der Waals surface area contributed by atoms with Crippen LogP contribution in [-0.2, 0) is 19.0 Å². The highest BCUT2D eigenvalue weighted by Gasteiger charge is 2.45. The first-order valence-electron chi connectivity index (χ1n) is 5.86. The van der Waals surface area contributed by atoms with Crippen molar-refractivity contribution in [3.05, 3.63) is 0 Å². The average molecular weight is 259 g/mol. The predicted molar refractivity (Wildman–Crippen MR) is 63.9 cm³/mol. The van der Waals surface area contributed by atoms with Gasteiger partial charge in [-0.1, -0.05) is 20.8 Å². The van der Waals surface area contributed by atoms with Crippen molar-refractivity contribution < 1.29 is 23.8 Å². The number of nitrogens with zero attached hydrogens (tertiary/aromatic N) is 1. The minimum atomic E-state index is -0.485. The van der Waals surface area contributed by atoms with Crippen molar-refractivity contribution in [3.8, 4) is 0 Å². The third-order valence-electron chi connectivity index (χ3n) is 2.85. The fourth-order valence-electron chi connectivity index (χ4n) is 2.00. The van der Waals surface area contributed by atoms with Crippen molar-refractivity contribution >= 4 is 12.1 Å². The van der Waals surface area contributed by atoms with E-state index in [2.05, 4.69) is 4.74 Å². The minimum Gasteiger partial charge on any atom is -0.469 e. The van der Waals surface area contributed by atoms with Gasteiger partial charge in [-0.2, -0.15) is 0 Å². The Bertz CT molecular complexity index is 323. The van der Waals surface area contributed by atoms with E-state index in [1.807, 2.05) is 20.8 Å². The highest BCUT2D eigenvalue weighted by molar-refractivity contribution is 5.73. The van der Waals surface area contributed by atoms with Crippen molar-refractivity contribution in [1.82, 2.24) is 4.90 Å². The van der Waals surface area contributed by atoms with Crippen LogP contribution in [0.2, 0.25) is 0 Å². The molecule has 0 aromatic carbocycles. The average Bonchev–Trinajstić information content (AvgIpc) is 2.71. The number of ether oxygens (including phenoxy) is 3. The summed E-state index contributed by atoms with van der Waals surface area (Å²) < 4.78 is 15.0. The lowest BCUT2D eigenvalue weighted by Gasteiger charge is -2.34. The lowest BCUT2D eigenvalue weighted by atomic mass is 9.93. The van der Waals surface area contributed by atoms with Gasteiger partial charge >= 0.3 is 12.1 Å². The van der Waals surface area contributed by atoms with Crippen LogP contribution in [0.25, 0.3) is 0 Å². The molecule has 0 aliphatic carbocycles. The number of esters is 1. The summed E-state index contributed by atoms with van der Waals surface area (Å²) in [4.78, 5) is 24.6. The zero-order chi connectivity index (χ0) is 13.9. The van der Waals surface area contributed by atoms with Crippen LogP contribution in [-0.4, -0.2) is 50.1 Å². The maximum Gasteiger partial charge on any atom is 0.411 e. The molecule has 1 aliphatic rings. The van der Waals surface area contributed by atoms with Crippen LogP contribution in [0.3, 0.4) is 0 Å². The van der Waals surface area contributed by atoms with E-state index in [9.17, 15) is 9.59 Å². The Kier molecular flexibility index (Phi) is 4.56. The second kappa shape index (κ2) is 5.56. The Hall–Kier alpha value is -1.30. The van der Waals surface area contributed by atoms with Gasteiger partial charge in [-0.25, -0.2) is 4.79 Å². The molecule has 6 nitrogen and oxygen atoms in total. The van der Waals surface area contributed by atoms with E-state index in [1.165, 1.54) is 19.1 Å². The van der Waals surface area contributed by atoms with Crippen LogP contribution in [0.1, 0.15) is 27.2 Å². The summed E-state index contributed by atoms with van der Waals surface area (Å²) in [5.41, 5.74) is -0.251. The van der Waals surface area contributed by atoms with Gasteiger partial charge in [0.15, 0.2) is 0 Å². The molecule has 1 rings (SSSR count). The van der Waals surface area contributed by atoms with Crippen LogP contribution >= 0.6 is 0 Å². The molecule has 1 saturated heterocycles. The van der Waals surface area contributed by atoms with Crippen LogP contribution in [0.5, 0.6) is 0 Å². The highest BCUT2D eigenvalue weighted by Crippen LogP contribution is 2.33. The lowest BCUT2D eigenvalue weighted by molar-refractivity contribution is -0.141. The van der Waals surface area contributed by atoms with Crippen LogP contribution in [0, 0.1) is 5.41 Å². The number of hydrogen-bond acceptors (Lipinski definition) is 5. The molecule has 0 radical (unpaired) electrons. The summed E-state index contributed by atoms with van der Waals surface area (Å²) >= 11 is 0. The van der Waals surface area contributed by atoms with E-state index in [0.717, 1.165) is 0 Å². The molecule has 0 bridgehead atoms. The molecular formula is C12H21NO5. The quantitative estimate of drug-likeness (QED) is 0.701. The first-order chi connectivity index (χ1) is 8.31. The number of carbonyl (C=O) groups excluding carboxylic acids is 2. The summed E-state index contributed by atoms with van der Waals surface area (Å²) in [6.07, 6.45) is -0.779. The number of hydrogen-bond donors (Lipinski definition) is 0. The fraction of sp³-hybridized carbons (Fsp3) is 0.833. The van der Waals surface area contributed by atoms with Crippen molar-refractivity contribution in [1.29, 1.82) is 0 Å². The zero-order valence-electron chi connectivity index (χ0n) is 11.6. The second-order valence-electron chi connectivity index (χ2n) is 5.36. The van der Waals surface area contributed by atoms with Gasteiger partial charge in [0.1, 0.15) is 6.23 Å². The van der Waals surface area contributed by atoms with Gasteiger partial charge < -0.3 is 14.2 Å². The SMILES string of the molecule is COC(=O)C[C@@H]1COC(C(C)(C)C)N1C(=O)OC. The number of carbonyl (C=O) groups is 2. The molecular weight excluding hydrogens is 238 g/mol. The zero-order valence-corrected chi connectivity index (χ0v) is 11.6. The maximum absolute atomic E-state index is 11.8. The summed E-state index contributed by atoms with van der Waals surface area (Å²) in [5, 5.41) is 0. The Morgan fingerprint density at radius 2 is 1.89 bits per heavy atom. The molecule has 0 saturated carbocycles. The Balaban J connectivity index is 2.87. The van der Waals surface area contributed by atoms with Crippen LogP contribution in [0.15, 0.2) is 0 Å². The van der Waals surface area contributed by atoms with E-state index < -0.39 is 12.3 Å². The summed E-state index contributed by atoms with van der Waals surface area (Å²) in [6, 6.07) is -0.339. The third-order valence-corrected chi connectivity index (χ3v) is 2.85. The third kappa shape index (κ3) is 3.13. The molecule has 0 aromatic rings. The van der Waals surface area contributed by atoms with E-state index in [4.69, 9.17) is 9.47 Å². The monoisotopic (exact) mass is 259 g/mol. The van der Waals surface area contributed by atoms with Gasteiger partial charge in [0.2, 0.25) is 0 Å². The largest absolute Gasteiger partial charge is 0.469 e. The molecule has 1 aliphatic heterocycles. The molecule has 1 unspecified atom stereocenters. The summed E-state index contributed by atoms with van der Waals surface area (Å²) in [5.74, 6) is -0.368. The van der Waals surface area contributed by atoms with Gasteiger partial charge in [0, 0.05) is 5.41 Å². The van der Waals surface area contributed by atoms with E-state index in [1.54, 1.807) is 0 Å². The molecule has 2 atom stereocenters.